The number of fused-ring (bicyclic) bond motifs is 1. The van der Waals surface area contributed by atoms with Gasteiger partial charge in [-0.1, -0.05) is 43.3 Å². The third-order valence-electron chi connectivity index (χ3n) is 4.89. The lowest BCUT2D eigenvalue weighted by Crippen LogP contribution is -2.48. The Balaban J connectivity index is 1.72. The van der Waals surface area contributed by atoms with Crippen LogP contribution in [0.25, 0.3) is 0 Å². The first-order valence-corrected chi connectivity index (χ1v) is 9.56. The molecule has 1 atom stereocenters. The Morgan fingerprint density at radius 2 is 1.82 bits per heavy atom. The number of amides is 2. The molecule has 1 aliphatic heterocycles. The van der Waals surface area contributed by atoms with Crippen LogP contribution in [0.4, 0.5) is 0 Å². The summed E-state index contributed by atoms with van der Waals surface area (Å²) in [6.07, 6.45) is 1.45. The monoisotopic (exact) mass is 382 g/mol. The zero-order valence-electron chi connectivity index (χ0n) is 16.3. The molecule has 0 aliphatic carbocycles. The Kier molecular flexibility index (Phi) is 6.53. The average Bonchev–Trinajstić information content (AvgIpc) is 3.20. The van der Waals surface area contributed by atoms with Crippen LogP contribution in [0.1, 0.15) is 30.9 Å². The highest BCUT2D eigenvalue weighted by Crippen LogP contribution is 2.32. The summed E-state index contributed by atoms with van der Waals surface area (Å²) in [4.78, 5) is 27.1. The van der Waals surface area contributed by atoms with Crippen LogP contribution in [0.2, 0.25) is 0 Å². The molecule has 0 radical (unpaired) electrons. The SMILES string of the molecule is CC[C@H](C(=O)NC)N(Cc1ccccc1)C(=O)CCc1ccc2c(c1)OCO2. The molecule has 0 fully saturated rings. The van der Waals surface area contributed by atoms with Gasteiger partial charge in [0.2, 0.25) is 18.6 Å². The van der Waals surface area contributed by atoms with Gasteiger partial charge >= 0.3 is 0 Å². The number of nitrogens with one attached hydrogen (secondary N) is 1. The van der Waals surface area contributed by atoms with Gasteiger partial charge in [-0.25, -0.2) is 0 Å². The fourth-order valence-electron chi connectivity index (χ4n) is 3.36. The minimum Gasteiger partial charge on any atom is -0.454 e. The lowest BCUT2D eigenvalue weighted by molar-refractivity contribution is -0.141. The largest absolute Gasteiger partial charge is 0.454 e. The summed E-state index contributed by atoms with van der Waals surface area (Å²) in [5, 5.41) is 2.68. The Hall–Kier alpha value is -3.02. The number of carbonyl (C=O) groups excluding carboxylic acids is 2. The number of ether oxygens (including phenoxy) is 2. The third kappa shape index (κ3) is 4.63. The Morgan fingerprint density at radius 1 is 1.07 bits per heavy atom. The van der Waals surface area contributed by atoms with Crippen molar-refractivity contribution < 1.29 is 19.1 Å². The lowest BCUT2D eigenvalue weighted by Gasteiger charge is -2.30. The maximum absolute atomic E-state index is 13.1. The predicted octanol–water partition coefficient (Wildman–Crippen LogP) is 2.90. The topological polar surface area (TPSA) is 67.9 Å². The van der Waals surface area contributed by atoms with Crippen LogP contribution in [0.15, 0.2) is 48.5 Å². The molecule has 0 aromatic heterocycles. The number of likely N-dealkylation sites (N-methyl/N-ethyl adjacent to an activating group) is 1. The Morgan fingerprint density at radius 3 is 2.54 bits per heavy atom. The number of aryl methyl sites for hydroxylation is 1. The van der Waals surface area contributed by atoms with Gasteiger partial charge in [0.15, 0.2) is 11.5 Å². The minimum atomic E-state index is -0.491. The van der Waals surface area contributed by atoms with Crippen LogP contribution in [-0.4, -0.2) is 36.6 Å². The molecular weight excluding hydrogens is 356 g/mol. The second-order valence-corrected chi connectivity index (χ2v) is 6.73. The fraction of sp³-hybridized carbons (Fsp3) is 0.364. The molecule has 148 valence electrons. The number of hydrogen-bond acceptors (Lipinski definition) is 4. The Labute approximate surface area is 165 Å². The zero-order valence-corrected chi connectivity index (χ0v) is 16.3. The van der Waals surface area contributed by atoms with Crippen molar-refractivity contribution in [3.63, 3.8) is 0 Å². The number of carbonyl (C=O) groups is 2. The van der Waals surface area contributed by atoms with Crippen LogP contribution in [0.5, 0.6) is 11.5 Å². The molecule has 3 rings (SSSR count). The first-order chi connectivity index (χ1) is 13.6. The third-order valence-corrected chi connectivity index (χ3v) is 4.89. The highest BCUT2D eigenvalue weighted by molar-refractivity contribution is 5.87. The van der Waals surface area contributed by atoms with E-state index in [-0.39, 0.29) is 18.6 Å². The van der Waals surface area contributed by atoms with E-state index in [4.69, 9.17) is 9.47 Å². The van der Waals surface area contributed by atoms with Crippen molar-refractivity contribution >= 4 is 11.8 Å². The van der Waals surface area contributed by atoms with E-state index in [0.717, 1.165) is 16.9 Å². The summed E-state index contributed by atoms with van der Waals surface area (Å²) in [5.41, 5.74) is 2.01. The van der Waals surface area contributed by atoms with Crippen LogP contribution in [-0.2, 0) is 22.6 Å². The van der Waals surface area contributed by atoms with E-state index >= 15 is 0 Å². The van der Waals surface area contributed by atoms with Gasteiger partial charge in [-0.15, -0.1) is 0 Å². The Bertz CT molecular complexity index is 823. The summed E-state index contributed by atoms with van der Waals surface area (Å²) in [5.74, 6) is 1.25. The predicted molar refractivity (Wildman–Crippen MR) is 106 cm³/mol. The smallest absolute Gasteiger partial charge is 0.242 e. The van der Waals surface area contributed by atoms with Crippen molar-refractivity contribution in [3.8, 4) is 11.5 Å². The first-order valence-electron chi connectivity index (χ1n) is 9.56. The zero-order chi connectivity index (χ0) is 19.9. The molecule has 0 bridgehead atoms. The molecule has 0 spiro atoms. The molecule has 0 saturated carbocycles. The molecule has 2 aromatic carbocycles. The quantitative estimate of drug-likeness (QED) is 0.762. The van der Waals surface area contributed by atoms with Crippen molar-refractivity contribution in [2.24, 2.45) is 0 Å². The molecule has 1 N–H and O–H groups in total. The van der Waals surface area contributed by atoms with Crippen LogP contribution >= 0.6 is 0 Å². The number of hydrogen-bond donors (Lipinski definition) is 1. The van der Waals surface area contributed by atoms with Gasteiger partial charge < -0.3 is 19.7 Å². The van der Waals surface area contributed by atoms with Crippen LogP contribution in [0.3, 0.4) is 0 Å². The lowest BCUT2D eigenvalue weighted by atomic mass is 10.1. The molecule has 2 amide bonds. The maximum atomic E-state index is 13.1. The molecule has 0 unspecified atom stereocenters. The normalized spacial score (nSPS) is 13.1. The van der Waals surface area contributed by atoms with Gasteiger partial charge in [-0.2, -0.15) is 0 Å². The standard InChI is InChI=1S/C22H26N2O4/c1-3-18(22(26)23-2)24(14-17-7-5-4-6-8-17)21(25)12-10-16-9-11-19-20(13-16)28-15-27-19/h4-9,11,13,18H,3,10,12,14-15H2,1-2H3,(H,23,26)/t18-/m1/s1. The number of nitrogens with zero attached hydrogens (tertiary/aromatic N) is 1. The van der Waals surface area contributed by atoms with E-state index in [9.17, 15) is 9.59 Å². The summed E-state index contributed by atoms with van der Waals surface area (Å²) in [7, 11) is 1.60. The van der Waals surface area contributed by atoms with Gasteiger partial charge in [0, 0.05) is 20.0 Å². The minimum absolute atomic E-state index is 0.0445. The average molecular weight is 382 g/mol. The molecular formula is C22H26N2O4. The van der Waals surface area contributed by atoms with E-state index in [1.165, 1.54) is 0 Å². The maximum Gasteiger partial charge on any atom is 0.242 e. The van der Waals surface area contributed by atoms with E-state index in [2.05, 4.69) is 5.32 Å². The molecule has 1 heterocycles. The van der Waals surface area contributed by atoms with Crippen molar-refractivity contribution in [2.75, 3.05) is 13.8 Å². The molecule has 0 saturated heterocycles. The van der Waals surface area contributed by atoms with Crippen molar-refractivity contribution in [1.82, 2.24) is 10.2 Å². The molecule has 1 aliphatic rings. The summed E-state index contributed by atoms with van der Waals surface area (Å²) >= 11 is 0. The van der Waals surface area contributed by atoms with Gasteiger partial charge in [0.1, 0.15) is 6.04 Å². The summed E-state index contributed by atoms with van der Waals surface area (Å²) in [6, 6.07) is 15.0. The van der Waals surface area contributed by atoms with E-state index < -0.39 is 6.04 Å². The second kappa shape index (κ2) is 9.26. The fourth-order valence-corrected chi connectivity index (χ4v) is 3.36. The van der Waals surface area contributed by atoms with Gasteiger partial charge in [-0.05, 0) is 36.1 Å². The van der Waals surface area contributed by atoms with Crippen molar-refractivity contribution in [2.45, 2.75) is 38.8 Å². The van der Waals surface area contributed by atoms with E-state index in [1.54, 1.807) is 11.9 Å². The summed E-state index contributed by atoms with van der Waals surface area (Å²) in [6.45, 7) is 2.56. The van der Waals surface area contributed by atoms with Gasteiger partial charge in [0.05, 0.1) is 0 Å². The molecule has 2 aromatic rings. The van der Waals surface area contributed by atoms with E-state index in [0.29, 0.717) is 31.6 Å². The molecule has 28 heavy (non-hydrogen) atoms. The van der Waals surface area contributed by atoms with Gasteiger partial charge in [-0.3, -0.25) is 9.59 Å². The first kappa shape index (κ1) is 19.7. The number of benzene rings is 2. The van der Waals surface area contributed by atoms with Crippen LogP contribution in [0, 0.1) is 0 Å². The van der Waals surface area contributed by atoms with Crippen LogP contribution < -0.4 is 14.8 Å². The highest BCUT2D eigenvalue weighted by Gasteiger charge is 2.27. The van der Waals surface area contributed by atoms with Gasteiger partial charge in [0.25, 0.3) is 0 Å². The van der Waals surface area contributed by atoms with Crippen molar-refractivity contribution in [1.29, 1.82) is 0 Å². The molecule has 6 heteroatoms. The second-order valence-electron chi connectivity index (χ2n) is 6.73. The highest BCUT2D eigenvalue weighted by atomic mass is 16.7. The molecule has 6 nitrogen and oxygen atoms in total. The van der Waals surface area contributed by atoms with Crippen molar-refractivity contribution in [3.05, 3.63) is 59.7 Å². The number of rotatable bonds is 8. The van der Waals surface area contributed by atoms with E-state index in [1.807, 2.05) is 55.5 Å². The summed E-state index contributed by atoms with van der Waals surface area (Å²) < 4.78 is 10.7.